The summed E-state index contributed by atoms with van der Waals surface area (Å²) in [6.45, 7) is 3.17. The van der Waals surface area contributed by atoms with Crippen molar-refractivity contribution in [3.63, 3.8) is 0 Å². The Hall–Kier alpha value is -2.28. The molecule has 1 aromatic carbocycles. The first kappa shape index (κ1) is 16.2. The van der Waals surface area contributed by atoms with Gasteiger partial charge in [-0.1, -0.05) is 12.1 Å². The van der Waals surface area contributed by atoms with E-state index in [1.807, 2.05) is 11.8 Å². The van der Waals surface area contributed by atoms with Gasteiger partial charge in [0.2, 0.25) is 5.91 Å². The number of halogens is 1. The molecule has 4 rings (SSSR count). The molecule has 7 heteroatoms. The molecule has 2 saturated heterocycles. The molecule has 132 valence electrons. The maximum atomic E-state index is 13.3. The molecule has 0 bridgehead atoms. The molecule has 0 aliphatic carbocycles. The van der Waals surface area contributed by atoms with Gasteiger partial charge in [-0.25, -0.2) is 9.37 Å². The number of nitrogens with zero attached hydrogens (tertiary/aromatic N) is 3. The van der Waals surface area contributed by atoms with Crippen molar-refractivity contribution in [2.75, 3.05) is 13.1 Å². The van der Waals surface area contributed by atoms with Crippen molar-refractivity contribution in [3.05, 3.63) is 47.3 Å². The number of benzene rings is 1. The van der Waals surface area contributed by atoms with E-state index in [1.54, 1.807) is 12.1 Å². The Balaban J connectivity index is 1.38. The highest BCUT2D eigenvalue weighted by atomic mass is 19.1. The van der Waals surface area contributed by atoms with E-state index in [2.05, 4.69) is 15.2 Å². The minimum absolute atomic E-state index is 0.0184. The van der Waals surface area contributed by atoms with Gasteiger partial charge in [0.25, 0.3) is 0 Å². The summed E-state index contributed by atoms with van der Waals surface area (Å²) < 4.78 is 19.4. The zero-order chi connectivity index (χ0) is 17.4. The highest BCUT2D eigenvalue weighted by Gasteiger charge is 2.41. The number of H-pyrrole nitrogens is 1. The van der Waals surface area contributed by atoms with Gasteiger partial charge in [0.1, 0.15) is 17.7 Å². The zero-order valence-corrected chi connectivity index (χ0v) is 14.1. The smallest absolute Gasteiger partial charge is 0.227 e. The SMILES string of the molecule is Cc1nc([C@H]2C[C@@H]3CCN(C(=O)Cc4cccc(F)c4)C[C@@H]3O2)n[nH]1. The molecule has 2 aliphatic heterocycles. The molecular weight excluding hydrogens is 323 g/mol. The van der Waals surface area contributed by atoms with Crippen molar-refractivity contribution in [2.45, 2.75) is 38.4 Å². The van der Waals surface area contributed by atoms with Crippen molar-refractivity contribution < 1.29 is 13.9 Å². The van der Waals surface area contributed by atoms with Gasteiger partial charge in [0.05, 0.1) is 12.5 Å². The topological polar surface area (TPSA) is 71.1 Å². The van der Waals surface area contributed by atoms with E-state index in [4.69, 9.17) is 4.74 Å². The van der Waals surface area contributed by atoms with Gasteiger partial charge in [0.15, 0.2) is 5.82 Å². The number of aromatic amines is 1. The summed E-state index contributed by atoms with van der Waals surface area (Å²) >= 11 is 0. The fourth-order valence-corrected chi connectivity index (χ4v) is 3.76. The number of fused-ring (bicyclic) bond motifs is 1. The lowest BCUT2D eigenvalue weighted by atomic mass is 9.91. The lowest BCUT2D eigenvalue weighted by Crippen LogP contribution is -2.45. The fourth-order valence-electron chi connectivity index (χ4n) is 3.76. The quantitative estimate of drug-likeness (QED) is 0.926. The van der Waals surface area contributed by atoms with E-state index in [0.717, 1.165) is 25.2 Å². The van der Waals surface area contributed by atoms with E-state index in [0.29, 0.717) is 23.9 Å². The molecule has 0 unspecified atom stereocenters. The summed E-state index contributed by atoms with van der Waals surface area (Å²) in [7, 11) is 0. The van der Waals surface area contributed by atoms with Crippen LogP contribution in [0.15, 0.2) is 24.3 Å². The average molecular weight is 344 g/mol. The molecule has 25 heavy (non-hydrogen) atoms. The van der Waals surface area contributed by atoms with Gasteiger partial charge in [0, 0.05) is 13.1 Å². The molecule has 0 spiro atoms. The van der Waals surface area contributed by atoms with E-state index >= 15 is 0 Å². The molecule has 1 N–H and O–H groups in total. The van der Waals surface area contributed by atoms with Crippen LogP contribution in [0.1, 0.15) is 36.2 Å². The van der Waals surface area contributed by atoms with Crippen LogP contribution in [0, 0.1) is 18.7 Å². The van der Waals surface area contributed by atoms with Gasteiger partial charge >= 0.3 is 0 Å². The Morgan fingerprint density at radius 3 is 3.12 bits per heavy atom. The summed E-state index contributed by atoms with van der Waals surface area (Å²) in [4.78, 5) is 18.7. The highest BCUT2D eigenvalue weighted by Crippen LogP contribution is 2.39. The first-order valence-corrected chi connectivity index (χ1v) is 8.65. The van der Waals surface area contributed by atoms with Gasteiger partial charge in [-0.2, -0.15) is 5.10 Å². The average Bonchev–Trinajstić information content (AvgIpc) is 3.19. The van der Waals surface area contributed by atoms with Crippen LogP contribution in [0.2, 0.25) is 0 Å². The highest BCUT2D eigenvalue weighted by molar-refractivity contribution is 5.78. The molecule has 6 nitrogen and oxygen atoms in total. The number of hydrogen-bond donors (Lipinski definition) is 1. The third kappa shape index (κ3) is 3.42. The molecule has 1 aromatic heterocycles. The molecule has 3 atom stereocenters. The third-order valence-electron chi connectivity index (χ3n) is 5.05. The second kappa shape index (κ2) is 6.55. The number of amides is 1. The molecule has 0 saturated carbocycles. The van der Waals surface area contributed by atoms with Crippen LogP contribution in [0.3, 0.4) is 0 Å². The minimum atomic E-state index is -0.312. The Bertz CT molecular complexity index is 778. The predicted octanol–water partition coefficient (Wildman–Crippen LogP) is 2.17. The second-order valence-electron chi connectivity index (χ2n) is 6.87. The van der Waals surface area contributed by atoms with E-state index in [9.17, 15) is 9.18 Å². The number of aryl methyl sites for hydroxylation is 1. The van der Waals surface area contributed by atoms with Crippen LogP contribution in [0.5, 0.6) is 0 Å². The third-order valence-corrected chi connectivity index (χ3v) is 5.05. The van der Waals surface area contributed by atoms with Gasteiger partial charge in [-0.05, 0) is 43.4 Å². The summed E-state index contributed by atoms with van der Waals surface area (Å²) in [5, 5.41) is 7.05. The van der Waals surface area contributed by atoms with Gasteiger partial charge in [-0.15, -0.1) is 0 Å². The maximum Gasteiger partial charge on any atom is 0.227 e. The number of aromatic nitrogens is 3. The Morgan fingerprint density at radius 2 is 2.36 bits per heavy atom. The Labute approximate surface area is 145 Å². The fraction of sp³-hybridized carbons (Fsp3) is 0.500. The normalized spacial score (nSPS) is 25.8. The van der Waals surface area contributed by atoms with Crippen LogP contribution < -0.4 is 0 Å². The lowest BCUT2D eigenvalue weighted by molar-refractivity contribution is -0.135. The molecular formula is C18H21FN4O2. The summed E-state index contributed by atoms with van der Waals surface area (Å²) in [6.07, 6.45) is 1.96. The summed E-state index contributed by atoms with van der Waals surface area (Å²) in [5.74, 6) is 1.62. The summed E-state index contributed by atoms with van der Waals surface area (Å²) in [6, 6.07) is 6.21. The second-order valence-corrected chi connectivity index (χ2v) is 6.87. The molecule has 0 radical (unpaired) electrons. The molecule has 2 aromatic rings. The first-order chi connectivity index (χ1) is 12.1. The standard InChI is InChI=1S/C18H21FN4O2/c1-11-20-18(22-21-11)15-9-13-5-6-23(10-16(13)25-15)17(24)8-12-3-2-4-14(19)7-12/h2-4,7,13,15-16H,5-6,8-10H2,1H3,(H,20,21,22)/t13-,15+,16-/m0/s1. The van der Waals surface area contributed by atoms with Crippen molar-refractivity contribution >= 4 is 5.91 Å². The minimum Gasteiger partial charge on any atom is -0.365 e. The van der Waals surface area contributed by atoms with Crippen molar-refractivity contribution in [3.8, 4) is 0 Å². The number of hydrogen-bond acceptors (Lipinski definition) is 4. The van der Waals surface area contributed by atoms with Crippen molar-refractivity contribution in [2.24, 2.45) is 5.92 Å². The number of carbonyl (C=O) groups is 1. The van der Waals surface area contributed by atoms with Gasteiger partial charge < -0.3 is 9.64 Å². The van der Waals surface area contributed by atoms with Crippen LogP contribution in [0.25, 0.3) is 0 Å². The zero-order valence-electron chi connectivity index (χ0n) is 14.1. The van der Waals surface area contributed by atoms with Crippen LogP contribution >= 0.6 is 0 Å². The van der Waals surface area contributed by atoms with E-state index in [1.165, 1.54) is 12.1 Å². The van der Waals surface area contributed by atoms with E-state index in [-0.39, 0.29) is 30.4 Å². The van der Waals surface area contributed by atoms with Crippen LogP contribution in [-0.4, -0.2) is 45.2 Å². The molecule has 3 heterocycles. The number of rotatable bonds is 3. The number of nitrogens with one attached hydrogen (secondary N) is 1. The van der Waals surface area contributed by atoms with Gasteiger partial charge in [-0.3, -0.25) is 9.89 Å². The predicted molar refractivity (Wildman–Crippen MR) is 88.1 cm³/mol. The number of carbonyl (C=O) groups excluding carboxylic acids is 1. The van der Waals surface area contributed by atoms with Crippen LogP contribution in [0.4, 0.5) is 4.39 Å². The molecule has 1 amide bonds. The van der Waals surface area contributed by atoms with Crippen molar-refractivity contribution in [1.82, 2.24) is 20.1 Å². The summed E-state index contributed by atoms with van der Waals surface area (Å²) in [5.41, 5.74) is 0.702. The first-order valence-electron chi connectivity index (χ1n) is 8.65. The van der Waals surface area contributed by atoms with E-state index < -0.39 is 0 Å². The molecule has 2 aliphatic rings. The monoisotopic (exact) mass is 344 g/mol. The van der Waals surface area contributed by atoms with Crippen molar-refractivity contribution in [1.29, 1.82) is 0 Å². The lowest BCUT2D eigenvalue weighted by Gasteiger charge is -2.34. The molecule has 2 fully saturated rings. The number of piperidine rings is 1. The maximum absolute atomic E-state index is 13.3. The van der Waals surface area contributed by atoms with Crippen LogP contribution in [-0.2, 0) is 16.0 Å². The largest absolute Gasteiger partial charge is 0.365 e. The Kier molecular flexibility index (Phi) is 4.25. The number of ether oxygens (including phenoxy) is 1. The number of likely N-dealkylation sites (tertiary alicyclic amines) is 1. The Morgan fingerprint density at radius 1 is 1.48 bits per heavy atom.